The highest BCUT2D eigenvalue weighted by molar-refractivity contribution is 6.33. The Labute approximate surface area is 99.5 Å². The Morgan fingerprint density at radius 3 is 2.94 bits per heavy atom. The Hall–Kier alpha value is -0.910. The third-order valence-electron chi connectivity index (χ3n) is 2.33. The first-order valence-electron chi connectivity index (χ1n) is 5.04. The lowest BCUT2D eigenvalue weighted by Gasteiger charge is -2.10. The van der Waals surface area contributed by atoms with Crippen LogP contribution in [-0.2, 0) is 11.8 Å². The highest BCUT2D eigenvalue weighted by Crippen LogP contribution is 2.16. The summed E-state index contributed by atoms with van der Waals surface area (Å²) in [5.41, 5.74) is 6.15. The highest BCUT2D eigenvalue weighted by atomic mass is 35.5. The number of aromatic nitrogens is 2. The number of aryl methyl sites for hydroxylation is 1. The maximum Gasteiger partial charge on any atom is 0.198 e. The number of Topliss-reactive ketones (excluding diaryl/α,β-unsaturated/α-hetero) is 1. The van der Waals surface area contributed by atoms with Gasteiger partial charge in [-0.05, 0) is 12.8 Å². The number of rotatable bonds is 6. The van der Waals surface area contributed by atoms with Crippen LogP contribution in [0.25, 0.3) is 0 Å². The van der Waals surface area contributed by atoms with Crippen LogP contribution >= 0.6 is 11.6 Å². The summed E-state index contributed by atoms with van der Waals surface area (Å²) < 4.78 is 6.34. The molecule has 1 atom stereocenters. The normalized spacial score (nSPS) is 12.8. The Morgan fingerprint density at radius 2 is 2.44 bits per heavy atom. The molecule has 5 nitrogen and oxygen atoms in total. The zero-order chi connectivity index (χ0) is 12.1. The predicted octanol–water partition coefficient (Wildman–Crippen LogP) is 1.01. The molecule has 0 aliphatic carbocycles. The molecule has 1 rings (SSSR count). The van der Waals surface area contributed by atoms with Crippen molar-refractivity contribution in [2.75, 3.05) is 13.7 Å². The molecule has 2 N–H and O–H groups in total. The van der Waals surface area contributed by atoms with Crippen molar-refractivity contribution < 1.29 is 9.53 Å². The minimum atomic E-state index is -0.553. The van der Waals surface area contributed by atoms with E-state index in [-0.39, 0.29) is 5.78 Å². The largest absolute Gasteiger partial charge is 0.385 e. The molecule has 0 saturated heterocycles. The maximum atomic E-state index is 11.9. The maximum absolute atomic E-state index is 11.9. The van der Waals surface area contributed by atoms with E-state index in [2.05, 4.69) is 5.10 Å². The van der Waals surface area contributed by atoms with Gasteiger partial charge in [0, 0.05) is 20.8 Å². The SMILES string of the molecule is COCCCC(N)C(=O)c1c(Cl)cnn1C. The summed E-state index contributed by atoms with van der Waals surface area (Å²) in [5.74, 6) is -0.180. The second-order valence-electron chi connectivity index (χ2n) is 3.57. The van der Waals surface area contributed by atoms with Gasteiger partial charge in [0.15, 0.2) is 5.78 Å². The van der Waals surface area contributed by atoms with Crippen LogP contribution in [0, 0.1) is 0 Å². The molecule has 0 saturated carbocycles. The molecule has 1 aromatic rings. The van der Waals surface area contributed by atoms with Crippen molar-refractivity contribution in [2.24, 2.45) is 12.8 Å². The Morgan fingerprint density at radius 1 is 1.75 bits per heavy atom. The molecular formula is C10H16ClN3O2. The van der Waals surface area contributed by atoms with E-state index >= 15 is 0 Å². The molecule has 0 aliphatic heterocycles. The van der Waals surface area contributed by atoms with Crippen molar-refractivity contribution in [2.45, 2.75) is 18.9 Å². The first-order chi connectivity index (χ1) is 7.57. The average Bonchev–Trinajstić information content (AvgIpc) is 2.58. The summed E-state index contributed by atoms with van der Waals surface area (Å²) in [6.45, 7) is 0.597. The lowest BCUT2D eigenvalue weighted by atomic mass is 10.1. The van der Waals surface area contributed by atoms with Gasteiger partial charge in [0.05, 0.1) is 17.3 Å². The first kappa shape index (κ1) is 13.2. The van der Waals surface area contributed by atoms with Crippen LogP contribution in [0.2, 0.25) is 5.02 Å². The van der Waals surface area contributed by atoms with Crippen molar-refractivity contribution in [3.63, 3.8) is 0 Å². The van der Waals surface area contributed by atoms with Crippen LogP contribution in [-0.4, -0.2) is 35.3 Å². The monoisotopic (exact) mass is 245 g/mol. The molecule has 0 radical (unpaired) electrons. The van der Waals surface area contributed by atoms with Crippen molar-refractivity contribution in [1.29, 1.82) is 0 Å². The summed E-state index contributed by atoms with van der Waals surface area (Å²) >= 11 is 5.86. The van der Waals surface area contributed by atoms with E-state index in [0.29, 0.717) is 23.7 Å². The fourth-order valence-electron chi connectivity index (χ4n) is 1.44. The van der Waals surface area contributed by atoms with Crippen molar-refractivity contribution in [1.82, 2.24) is 9.78 Å². The van der Waals surface area contributed by atoms with Gasteiger partial charge in [0.2, 0.25) is 0 Å². The first-order valence-corrected chi connectivity index (χ1v) is 5.42. The van der Waals surface area contributed by atoms with Crippen molar-refractivity contribution >= 4 is 17.4 Å². The van der Waals surface area contributed by atoms with Gasteiger partial charge < -0.3 is 10.5 Å². The third-order valence-corrected chi connectivity index (χ3v) is 2.60. The molecule has 1 unspecified atom stereocenters. The fourth-order valence-corrected chi connectivity index (χ4v) is 1.70. The van der Waals surface area contributed by atoms with Crippen LogP contribution < -0.4 is 5.73 Å². The zero-order valence-electron chi connectivity index (χ0n) is 9.44. The number of ketones is 1. The van der Waals surface area contributed by atoms with Crippen molar-refractivity contribution in [3.8, 4) is 0 Å². The van der Waals surface area contributed by atoms with E-state index in [9.17, 15) is 4.79 Å². The predicted molar refractivity (Wildman–Crippen MR) is 61.6 cm³/mol. The third kappa shape index (κ3) is 3.04. The standard InChI is InChI=1S/C10H16ClN3O2/c1-14-9(7(11)6-13-14)10(15)8(12)4-3-5-16-2/h6,8H,3-5,12H2,1-2H3. The number of carbonyl (C=O) groups excluding carboxylic acids is 1. The molecule has 1 aromatic heterocycles. The number of halogens is 1. The molecule has 16 heavy (non-hydrogen) atoms. The van der Waals surface area contributed by atoms with Gasteiger partial charge in [-0.25, -0.2) is 0 Å². The summed E-state index contributed by atoms with van der Waals surface area (Å²) in [6.07, 6.45) is 2.77. The fraction of sp³-hybridized carbons (Fsp3) is 0.600. The van der Waals surface area contributed by atoms with E-state index in [4.69, 9.17) is 22.1 Å². The van der Waals surface area contributed by atoms with Gasteiger partial charge in [-0.15, -0.1) is 0 Å². The molecule has 0 spiro atoms. The summed E-state index contributed by atoms with van der Waals surface area (Å²) in [6, 6.07) is -0.553. The van der Waals surface area contributed by atoms with E-state index < -0.39 is 6.04 Å². The van der Waals surface area contributed by atoms with Crippen LogP contribution in [0.5, 0.6) is 0 Å². The molecule has 6 heteroatoms. The summed E-state index contributed by atoms with van der Waals surface area (Å²) in [5, 5.41) is 4.24. The molecule has 0 amide bonds. The van der Waals surface area contributed by atoms with Gasteiger partial charge in [-0.3, -0.25) is 9.48 Å². The van der Waals surface area contributed by atoms with Gasteiger partial charge in [0.1, 0.15) is 5.69 Å². The zero-order valence-corrected chi connectivity index (χ0v) is 10.2. The van der Waals surface area contributed by atoms with Crippen LogP contribution in [0.3, 0.4) is 0 Å². The van der Waals surface area contributed by atoms with E-state index in [1.165, 1.54) is 10.9 Å². The number of hydrogen-bond donors (Lipinski definition) is 1. The van der Waals surface area contributed by atoms with Crippen LogP contribution in [0.1, 0.15) is 23.3 Å². The van der Waals surface area contributed by atoms with E-state index in [0.717, 1.165) is 6.42 Å². The Bertz CT molecular complexity index is 345. The molecular weight excluding hydrogens is 230 g/mol. The number of nitrogens with two attached hydrogens (primary N) is 1. The molecule has 0 aromatic carbocycles. The Kier molecular flexibility index (Phi) is 4.92. The number of nitrogens with zero attached hydrogens (tertiary/aromatic N) is 2. The second-order valence-corrected chi connectivity index (χ2v) is 3.98. The highest BCUT2D eigenvalue weighted by Gasteiger charge is 2.21. The van der Waals surface area contributed by atoms with Gasteiger partial charge in [-0.1, -0.05) is 11.6 Å². The summed E-state index contributed by atoms with van der Waals surface area (Å²) in [4.78, 5) is 11.9. The topological polar surface area (TPSA) is 70.1 Å². The lowest BCUT2D eigenvalue weighted by molar-refractivity contribution is 0.0941. The molecule has 0 bridgehead atoms. The van der Waals surface area contributed by atoms with Gasteiger partial charge in [0.25, 0.3) is 0 Å². The van der Waals surface area contributed by atoms with E-state index in [1.807, 2.05) is 0 Å². The quantitative estimate of drug-likeness (QED) is 0.600. The van der Waals surface area contributed by atoms with E-state index in [1.54, 1.807) is 14.2 Å². The van der Waals surface area contributed by atoms with Gasteiger partial charge >= 0.3 is 0 Å². The number of ether oxygens (including phenoxy) is 1. The Balaban J connectivity index is 2.63. The van der Waals surface area contributed by atoms with Crippen LogP contribution in [0.15, 0.2) is 6.20 Å². The smallest absolute Gasteiger partial charge is 0.198 e. The van der Waals surface area contributed by atoms with Crippen LogP contribution in [0.4, 0.5) is 0 Å². The molecule has 90 valence electrons. The number of methoxy groups -OCH3 is 1. The number of hydrogen-bond acceptors (Lipinski definition) is 4. The van der Waals surface area contributed by atoms with Crippen molar-refractivity contribution in [3.05, 3.63) is 16.9 Å². The molecule has 0 aliphatic rings. The lowest BCUT2D eigenvalue weighted by Crippen LogP contribution is -2.32. The molecule has 0 fully saturated rings. The second kappa shape index (κ2) is 5.98. The number of carbonyl (C=O) groups is 1. The minimum Gasteiger partial charge on any atom is -0.385 e. The summed E-state index contributed by atoms with van der Waals surface area (Å²) in [7, 11) is 3.28. The van der Waals surface area contributed by atoms with Gasteiger partial charge in [-0.2, -0.15) is 5.10 Å². The molecule has 1 heterocycles. The minimum absolute atomic E-state index is 0.180. The average molecular weight is 246 g/mol.